The minimum absolute atomic E-state index is 0.286. The topological polar surface area (TPSA) is 68.2 Å². The molecule has 2 amide bonds. The smallest absolute Gasteiger partial charge is 0.426 e. The molecule has 0 aliphatic carbocycles. The zero-order valence-corrected chi connectivity index (χ0v) is 15.7. The van der Waals surface area contributed by atoms with Gasteiger partial charge >= 0.3 is 12.2 Å². The van der Waals surface area contributed by atoms with E-state index in [4.69, 9.17) is 9.47 Å². The van der Waals surface area contributed by atoms with Gasteiger partial charge in [-0.1, -0.05) is 18.7 Å². The molecule has 7 heteroatoms. The van der Waals surface area contributed by atoms with Crippen LogP contribution in [0.5, 0.6) is 0 Å². The summed E-state index contributed by atoms with van der Waals surface area (Å²) >= 11 is 1.29. The Bertz CT molecular complexity index is 394. The van der Waals surface area contributed by atoms with Crippen molar-refractivity contribution in [3.63, 3.8) is 0 Å². The lowest BCUT2D eigenvalue weighted by Gasteiger charge is -2.28. The van der Waals surface area contributed by atoms with Gasteiger partial charge in [0, 0.05) is 6.54 Å². The first kappa shape index (κ1) is 20.8. The number of aliphatic imine (C=N–C) groups is 1. The van der Waals surface area contributed by atoms with Crippen LogP contribution in [0, 0.1) is 0 Å². The molecule has 0 bridgehead atoms. The molecule has 0 atom stereocenters. The Hall–Kier alpha value is -1.24. The van der Waals surface area contributed by atoms with Gasteiger partial charge in [-0.2, -0.15) is 4.90 Å². The molecule has 0 N–H and O–H groups in total. The summed E-state index contributed by atoms with van der Waals surface area (Å²) in [5.41, 5.74) is -1.43. The number of imide groups is 1. The van der Waals surface area contributed by atoms with Gasteiger partial charge in [0.1, 0.15) is 11.2 Å². The second kappa shape index (κ2) is 8.41. The molecule has 0 aliphatic heterocycles. The highest BCUT2D eigenvalue weighted by Gasteiger charge is 2.34. The van der Waals surface area contributed by atoms with Gasteiger partial charge < -0.3 is 9.47 Å². The standard InChI is InChI=1S/C15H28N2O4S/c1-9-16-11(22-10-2)17(12(18)20-14(3,4)5)13(19)21-15(6,7)8/h9-10H2,1-8H3. The predicted octanol–water partition coefficient (Wildman–Crippen LogP) is 4.29. The molecule has 0 aromatic carbocycles. The molecule has 22 heavy (non-hydrogen) atoms. The van der Waals surface area contributed by atoms with Crippen LogP contribution in [-0.4, -0.2) is 45.8 Å². The molecular formula is C15H28N2O4S. The highest BCUT2D eigenvalue weighted by atomic mass is 32.2. The maximum atomic E-state index is 12.4. The Morgan fingerprint density at radius 1 is 0.955 bits per heavy atom. The van der Waals surface area contributed by atoms with Crippen LogP contribution in [-0.2, 0) is 9.47 Å². The zero-order chi connectivity index (χ0) is 17.6. The lowest BCUT2D eigenvalue weighted by molar-refractivity contribution is 0.0152. The van der Waals surface area contributed by atoms with Gasteiger partial charge in [-0.3, -0.25) is 4.99 Å². The quantitative estimate of drug-likeness (QED) is 0.557. The number of amides is 2. The van der Waals surface area contributed by atoms with E-state index < -0.39 is 23.4 Å². The number of amidine groups is 1. The summed E-state index contributed by atoms with van der Waals surface area (Å²) in [6, 6.07) is 0. The lowest BCUT2D eigenvalue weighted by atomic mass is 10.2. The fraction of sp³-hybridized carbons (Fsp3) is 0.800. The summed E-state index contributed by atoms with van der Waals surface area (Å²) in [5, 5.41) is 0.286. The van der Waals surface area contributed by atoms with Crippen molar-refractivity contribution in [2.45, 2.75) is 66.6 Å². The van der Waals surface area contributed by atoms with Crippen LogP contribution in [0.4, 0.5) is 9.59 Å². The number of rotatable bonds is 2. The van der Waals surface area contributed by atoms with E-state index in [1.807, 2.05) is 13.8 Å². The minimum Gasteiger partial charge on any atom is -0.443 e. The average Bonchev–Trinajstić information content (AvgIpc) is 2.24. The van der Waals surface area contributed by atoms with Crippen LogP contribution >= 0.6 is 11.8 Å². The Balaban J connectivity index is 5.51. The summed E-state index contributed by atoms with van der Waals surface area (Å²) in [6.07, 6.45) is -1.56. The third kappa shape index (κ3) is 8.26. The van der Waals surface area contributed by atoms with Gasteiger partial charge in [-0.25, -0.2) is 9.59 Å². The Morgan fingerprint density at radius 3 is 1.64 bits per heavy atom. The summed E-state index contributed by atoms with van der Waals surface area (Å²) in [6.45, 7) is 14.6. The molecule has 0 rings (SSSR count). The van der Waals surface area contributed by atoms with E-state index in [-0.39, 0.29) is 5.17 Å². The van der Waals surface area contributed by atoms with Crippen molar-refractivity contribution in [1.29, 1.82) is 0 Å². The van der Waals surface area contributed by atoms with E-state index in [1.54, 1.807) is 41.5 Å². The van der Waals surface area contributed by atoms with Crippen LogP contribution in [0.2, 0.25) is 0 Å². The molecule has 0 radical (unpaired) electrons. The molecule has 0 heterocycles. The van der Waals surface area contributed by atoms with Crippen LogP contribution in [0.3, 0.4) is 0 Å². The molecule has 0 saturated carbocycles. The number of carbonyl (C=O) groups excluding carboxylic acids is 2. The zero-order valence-electron chi connectivity index (χ0n) is 14.8. The van der Waals surface area contributed by atoms with Crippen LogP contribution in [0.25, 0.3) is 0 Å². The van der Waals surface area contributed by atoms with Crippen molar-refractivity contribution in [1.82, 2.24) is 4.90 Å². The van der Waals surface area contributed by atoms with E-state index in [9.17, 15) is 9.59 Å². The fourth-order valence-corrected chi connectivity index (χ4v) is 2.05. The first-order valence-corrected chi connectivity index (χ1v) is 8.33. The predicted molar refractivity (Wildman–Crippen MR) is 90.4 cm³/mol. The van der Waals surface area contributed by atoms with Crippen molar-refractivity contribution in [3.8, 4) is 0 Å². The maximum absolute atomic E-state index is 12.4. The molecule has 128 valence electrons. The number of hydrogen-bond donors (Lipinski definition) is 0. The fourth-order valence-electron chi connectivity index (χ4n) is 1.29. The Kier molecular flexibility index (Phi) is 7.93. The second-order valence-corrected chi connectivity index (χ2v) is 7.72. The maximum Gasteiger partial charge on any atom is 0.426 e. The highest BCUT2D eigenvalue weighted by Crippen LogP contribution is 2.19. The van der Waals surface area contributed by atoms with Gasteiger partial charge in [0.2, 0.25) is 0 Å². The Morgan fingerprint density at radius 2 is 1.36 bits per heavy atom. The van der Waals surface area contributed by atoms with Crippen LogP contribution < -0.4 is 0 Å². The largest absolute Gasteiger partial charge is 0.443 e. The molecule has 6 nitrogen and oxygen atoms in total. The van der Waals surface area contributed by atoms with Gasteiger partial charge in [0.15, 0.2) is 5.17 Å². The van der Waals surface area contributed by atoms with Crippen molar-refractivity contribution in [2.75, 3.05) is 12.3 Å². The summed E-state index contributed by atoms with van der Waals surface area (Å²) in [7, 11) is 0. The number of ether oxygens (including phenoxy) is 2. The number of thioether (sulfide) groups is 1. The minimum atomic E-state index is -0.783. The highest BCUT2D eigenvalue weighted by molar-refractivity contribution is 8.13. The molecule has 0 aromatic rings. The number of hydrogen-bond acceptors (Lipinski definition) is 6. The van der Waals surface area contributed by atoms with E-state index in [1.165, 1.54) is 11.8 Å². The van der Waals surface area contributed by atoms with Gasteiger partial charge in [-0.15, -0.1) is 0 Å². The molecule has 0 aromatic heterocycles. The Labute approximate surface area is 137 Å². The van der Waals surface area contributed by atoms with E-state index >= 15 is 0 Å². The van der Waals surface area contributed by atoms with Crippen molar-refractivity contribution in [2.24, 2.45) is 4.99 Å². The molecule has 0 aliphatic rings. The first-order valence-electron chi connectivity index (χ1n) is 7.34. The normalized spacial score (nSPS) is 12.8. The number of nitrogens with zero attached hydrogens (tertiary/aromatic N) is 2. The van der Waals surface area contributed by atoms with Gasteiger partial charge in [-0.05, 0) is 54.2 Å². The second-order valence-electron chi connectivity index (χ2n) is 6.49. The average molecular weight is 332 g/mol. The van der Waals surface area contributed by atoms with Gasteiger partial charge in [0.25, 0.3) is 0 Å². The van der Waals surface area contributed by atoms with Crippen LogP contribution in [0.1, 0.15) is 55.4 Å². The molecular weight excluding hydrogens is 304 g/mol. The van der Waals surface area contributed by atoms with Crippen molar-refractivity contribution in [3.05, 3.63) is 0 Å². The van der Waals surface area contributed by atoms with E-state index in [0.29, 0.717) is 12.3 Å². The lowest BCUT2D eigenvalue weighted by Crippen LogP contribution is -2.46. The summed E-state index contributed by atoms with van der Waals surface area (Å²) in [4.78, 5) is 29.9. The van der Waals surface area contributed by atoms with Crippen LogP contribution in [0.15, 0.2) is 4.99 Å². The van der Waals surface area contributed by atoms with E-state index in [2.05, 4.69) is 4.99 Å². The summed E-state index contributed by atoms with van der Waals surface area (Å²) in [5.74, 6) is 0.668. The summed E-state index contributed by atoms with van der Waals surface area (Å²) < 4.78 is 10.6. The molecule has 0 fully saturated rings. The third-order valence-corrected chi connectivity index (χ3v) is 2.77. The van der Waals surface area contributed by atoms with Gasteiger partial charge in [0.05, 0.1) is 0 Å². The third-order valence-electron chi connectivity index (χ3n) is 1.91. The number of carbonyl (C=O) groups is 2. The molecule has 0 saturated heterocycles. The SMILES string of the molecule is CCN=C(SCC)N(C(=O)OC(C)(C)C)C(=O)OC(C)(C)C. The monoisotopic (exact) mass is 332 g/mol. The van der Waals surface area contributed by atoms with Crippen molar-refractivity contribution >= 4 is 29.1 Å². The van der Waals surface area contributed by atoms with E-state index in [0.717, 1.165) is 4.90 Å². The molecule has 0 spiro atoms. The first-order chi connectivity index (χ1) is 9.91. The van der Waals surface area contributed by atoms with Crippen molar-refractivity contribution < 1.29 is 19.1 Å². The molecule has 0 unspecified atom stereocenters.